The van der Waals surface area contributed by atoms with Gasteiger partial charge in [0.25, 0.3) is 5.91 Å². The van der Waals surface area contributed by atoms with Gasteiger partial charge in [0.2, 0.25) is 0 Å². The first-order valence-electron chi connectivity index (χ1n) is 5.86. The van der Waals surface area contributed by atoms with E-state index in [-0.39, 0.29) is 5.91 Å². The molecule has 2 rings (SSSR count). The third-order valence-corrected chi connectivity index (χ3v) is 3.21. The molecule has 0 saturated heterocycles. The molecule has 0 radical (unpaired) electrons. The molecular formula is C14H16N2OS. The monoisotopic (exact) mass is 260 g/mol. The highest BCUT2D eigenvalue weighted by molar-refractivity contribution is 7.12. The predicted molar refractivity (Wildman–Crippen MR) is 77.5 cm³/mol. The first kappa shape index (κ1) is 12.6. The minimum Gasteiger partial charge on any atom is -0.383 e. The molecule has 2 N–H and O–H groups in total. The quantitative estimate of drug-likeness (QED) is 0.877. The lowest BCUT2D eigenvalue weighted by Gasteiger charge is -2.10. The number of rotatable bonds is 4. The van der Waals surface area contributed by atoms with Crippen LogP contribution in [0.5, 0.6) is 0 Å². The Balaban J connectivity index is 2.00. The van der Waals surface area contributed by atoms with Crippen LogP contribution in [0, 0.1) is 0 Å². The van der Waals surface area contributed by atoms with Crippen LogP contribution in [0.15, 0.2) is 41.8 Å². The molecule has 0 unspecified atom stereocenters. The van der Waals surface area contributed by atoms with Crippen LogP contribution in [0.2, 0.25) is 0 Å². The smallest absolute Gasteiger partial charge is 0.265 e. The van der Waals surface area contributed by atoms with Gasteiger partial charge in [-0.1, -0.05) is 6.07 Å². The third-order valence-electron chi connectivity index (χ3n) is 2.34. The average Bonchev–Trinajstić information content (AvgIpc) is 2.84. The van der Waals surface area contributed by atoms with Crippen LogP contribution in [0.1, 0.15) is 23.5 Å². The predicted octanol–water partition coefficient (Wildman–Crippen LogP) is 3.82. The van der Waals surface area contributed by atoms with E-state index < -0.39 is 0 Å². The van der Waals surface area contributed by atoms with Gasteiger partial charge in [0, 0.05) is 17.4 Å². The summed E-state index contributed by atoms with van der Waals surface area (Å²) in [7, 11) is 0. The molecule has 1 aromatic carbocycles. The van der Waals surface area contributed by atoms with Crippen LogP contribution in [0.3, 0.4) is 0 Å². The molecule has 0 bridgehead atoms. The molecule has 0 saturated carbocycles. The van der Waals surface area contributed by atoms with E-state index in [1.54, 1.807) is 0 Å². The molecule has 0 spiro atoms. The fraction of sp³-hybridized carbons (Fsp3) is 0.214. The lowest BCUT2D eigenvalue weighted by atomic mass is 10.2. The zero-order valence-corrected chi connectivity index (χ0v) is 11.3. The lowest BCUT2D eigenvalue weighted by Crippen LogP contribution is -2.11. The summed E-state index contributed by atoms with van der Waals surface area (Å²) in [6.45, 7) is 4.18. The maximum atomic E-state index is 11.8. The Kier molecular flexibility index (Phi) is 3.99. The van der Waals surface area contributed by atoms with Crippen LogP contribution < -0.4 is 10.6 Å². The largest absolute Gasteiger partial charge is 0.383 e. The molecule has 1 aromatic heterocycles. The third kappa shape index (κ3) is 3.34. The summed E-state index contributed by atoms with van der Waals surface area (Å²) in [5.74, 6) is -0.0606. The maximum absolute atomic E-state index is 11.8. The highest BCUT2D eigenvalue weighted by Gasteiger charge is 2.06. The summed E-state index contributed by atoms with van der Waals surface area (Å²) in [5.41, 5.74) is 1.86. The van der Waals surface area contributed by atoms with Gasteiger partial charge in [0.1, 0.15) is 0 Å². The number of thiophene rings is 1. The molecular weight excluding hydrogens is 244 g/mol. The molecule has 0 aliphatic carbocycles. The summed E-state index contributed by atoms with van der Waals surface area (Å²) < 4.78 is 0. The van der Waals surface area contributed by atoms with Crippen molar-refractivity contribution in [2.45, 2.75) is 19.9 Å². The summed E-state index contributed by atoms with van der Waals surface area (Å²) in [6, 6.07) is 11.8. The number of carbonyl (C=O) groups excluding carboxylic acids is 1. The molecule has 3 nitrogen and oxygen atoms in total. The van der Waals surface area contributed by atoms with Gasteiger partial charge in [-0.3, -0.25) is 4.79 Å². The number of benzene rings is 1. The van der Waals surface area contributed by atoms with E-state index in [1.165, 1.54) is 11.3 Å². The van der Waals surface area contributed by atoms with Crippen LogP contribution in [0.4, 0.5) is 11.4 Å². The highest BCUT2D eigenvalue weighted by atomic mass is 32.1. The minimum atomic E-state index is -0.0606. The van der Waals surface area contributed by atoms with E-state index in [1.807, 2.05) is 41.8 Å². The highest BCUT2D eigenvalue weighted by Crippen LogP contribution is 2.16. The van der Waals surface area contributed by atoms with Crippen molar-refractivity contribution >= 4 is 28.6 Å². The first-order valence-corrected chi connectivity index (χ1v) is 6.74. The molecule has 0 atom stereocenters. The Labute approximate surface area is 111 Å². The van der Waals surface area contributed by atoms with Crippen molar-refractivity contribution in [3.63, 3.8) is 0 Å². The Morgan fingerprint density at radius 1 is 1.11 bits per heavy atom. The van der Waals surface area contributed by atoms with Crippen molar-refractivity contribution in [1.29, 1.82) is 0 Å². The van der Waals surface area contributed by atoms with Gasteiger partial charge < -0.3 is 10.6 Å². The van der Waals surface area contributed by atoms with Crippen molar-refractivity contribution in [2.75, 3.05) is 10.6 Å². The van der Waals surface area contributed by atoms with Gasteiger partial charge in [-0.25, -0.2) is 0 Å². The van der Waals surface area contributed by atoms with Gasteiger partial charge in [0.05, 0.1) is 4.88 Å². The molecule has 4 heteroatoms. The Bertz CT molecular complexity index is 503. The second-order valence-corrected chi connectivity index (χ2v) is 5.26. The fourth-order valence-electron chi connectivity index (χ4n) is 1.58. The second-order valence-electron chi connectivity index (χ2n) is 4.31. The molecule has 0 aliphatic rings. The van der Waals surface area contributed by atoms with Crippen LogP contribution >= 0.6 is 11.3 Å². The maximum Gasteiger partial charge on any atom is 0.265 e. The Morgan fingerprint density at radius 3 is 2.33 bits per heavy atom. The van der Waals surface area contributed by atoms with E-state index in [0.717, 1.165) is 16.3 Å². The lowest BCUT2D eigenvalue weighted by molar-refractivity contribution is 0.103. The SMILES string of the molecule is CC(C)Nc1ccc(NC(=O)c2cccs2)cc1. The summed E-state index contributed by atoms with van der Waals surface area (Å²) >= 11 is 1.44. The zero-order chi connectivity index (χ0) is 13.0. The van der Waals surface area contributed by atoms with Gasteiger partial charge in [-0.05, 0) is 49.6 Å². The topological polar surface area (TPSA) is 41.1 Å². The van der Waals surface area contributed by atoms with Gasteiger partial charge in [-0.15, -0.1) is 11.3 Å². The first-order chi connectivity index (χ1) is 8.65. The molecule has 0 fully saturated rings. The zero-order valence-electron chi connectivity index (χ0n) is 10.4. The number of anilines is 2. The average molecular weight is 260 g/mol. The summed E-state index contributed by atoms with van der Waals surface area (Å²) in [5, 5.41) is 8.06. The number of hydrogen-bond acceptors (Lipinski definition) is 3. The van der Waals surface area contributed by atoms with Crippen molar-refractivity contribution in [1.82, 2.24) is 0 Å². The molecule has 0 aliphatic heterocycles. The number of hydrogen-bond donors (Lipinski definition) is 2. The molecule has 94 valence electrons. The second kappa shape index (κ2) is 5.69. The number of amides is 1. The molecule has 1 heterocycles. The van der Waals surface area contributed by atoms with E-state index in [2.05, 4.69) is 24.5 Å². The standard InChI is InChI=1S/C14H16N2OS/c1-10(2)15-11-5-7-12(8-6-11)16-14(17)13-4-3-9-18-13/h3-10,15H,1-2H3,(H,16,17). The van der Waals surface area contributed by atoms with Gasteiger partial charge in [-0.2, -0.15) is 0 Å². The molecule has 1 amide bonds. The minimum absolute atomic E-state index is 0.0606. The number of carbonyl (C=O) groups is 1. The van der Waals surface area contributed by atoms with Crippen LogP contribution in [-0.2, 0) is 0 Å². The molecule has 18 heavy (non-hydrogen) atoms. The summed E-state index contributed by atoms with van der Waals surface area (Å²) in [6.07, 6.45) is 0. The van der Waals surface area contributed by atoms with Gasteiger partial charge >= 0.3 is 0 Å². The summed E-state index contributed by atoms with van der Waals surface area (Å²) in [4.78, 5) is 12.5. The fourth-order valence-corrected chi connectivity index (χ4v) is 2.20. The van der Waals surface area contributed by atoms with Crippen molar-refractivity contribution in [2.24, 2.45) is 0 Å². The van der Waals surface area contributed by atoms with Gasteiger partial charge in [0.15, 0.2) is 0 Å². The Morgan fingerprint density at radius 2 is 1.78 bits per heavy atom. The van der Waals surface area contributed by atoms with Crippen molar-refractivity contribution in [3.8, 4) is 0 Å². The van der Waals surface area contributed by atoms with E-state index >= 15 is 0 Å². The Hall–Kier alpha value is -1.81. The van der Waals surface area contributed by atoms with E-state index in [9.17, 15) is 4.79 Å². The van der Waals surface area contributed by atoms with Crippen LogP contribution in [-0.4, -0.2) is 11.9 Å². The van der Waals surface area contributed by atoms with Crippen molar-refractivity contribution < 1.29 is 4.79 Å². The van der Waals surface area contributed by atoms with E-state index in [0.29, 0.717) is 6.04 Å². The van der Waals surface area contributed by atoms with Crippen molar-refractivity contribution in [3.05, 3.63) is 46.7 Å². The number of nitrogens with one attached hydrogen (secondary N) is 2. The normalized spacial score (nSPS) is 10.4. The van der Waals surface area contributed by atoms with E-state index in [4.69, 9.17) is 0 Å². The molecule has 2 aromatic rings. The van der Waals surface area contributed by atoms with Crippen LogP contribution in [0.25, 0.3) is 0 Å².